The van der Waals surface area contributed by atoms with Gasteiger partial charge in [-0.25, -0.2) is 0 Å². The summed E-state index contributed by atoms with van der Waals surface area (Å²) in [6.07, 6.45) is 1.20. The predicted molar refractivity (Wildman–Crippen MR) is 76.1 cm³/mol. The highest BCUT2D eigenvalue weighted by molar-refractivity contribution is 5.37. The van der Waals surface area contributed by atoms with Crippen molar-refractivity contribution >= 4 is 0 Å². The normalized spacial score (nSPS) is 28.3. The standard InChI is InChI=1S/C16H25NO/c1-11-10-13(6-7-15(11)18)14-8-9-17(5)16(3,4)12(14)2/h6-7,10,12,14,18H,8-9H2,1-5H3. The van der Waals surface area contributed by atoms with E-state index in [4.69, 9.17) is 0 Å². The Kier molecular flexibility index (Phi) is 3.41. The lowest BCUT2D eigenvalue weighted by Gasteiger charge is -2.49. The molecular weight excluding hydrogens is 222 g/mol. The van der Waals surface area contributed by atoms with Crippen LogP contribution in [0.15, 0.2) is 18.2 Å². The molecule has 1 aliphatic rings. The molecule has 2 heteroatoms. The van der Waals surface area contributed by atoms with Crippen LogP contribution in [0.2, 0.25) is 0 Å². The summed E-state index contributed by atoms with van der Waals surface area (Å²) < 4.78 is 0. The average molecular weight is 247 g/mol. The van der Waals surface area contributed by atoms with E-state index >= 15 is 0 Å². The second-order valence-electron chi connectivity index (χ2n) is 6.30. The lowest BCUT2D eigenvalue weighted by Crippen LogP contribution is -2.52. The van der Waals surface area contributed by atoms with Crippen LogP contribution in [0.25, 0.3) is 0 Å². The third kappa shape index (κ3) is 2.14. The maximum atomic E-state index is 9.64. The van der Waals surface area contributed by atoms with Gasteiger partial charge in [-0.2, -0.15) is 0 Å². The summed E-state index contributed by atoms with van der Waals surface area (Å²) in [5.41, 5.74) is 2.59. The topological polar surface area (TPSA) is 23.5 Å². The first kappa shape index (κ1) is 13.4. The largest absolute Gasteiger partial charge is 0.508 e. The van der Waals surface area contributed by atoms with E-state index in [9.17, 15) is 5.11 Å². The number of nitrogens with zero attached hydrogens (tertiary/aromatic N) is 1. The Morgan fingerprint density at radius 1 is 1.33 bits per heavy atom. The molecule has 0 amide bonds. The van der Waals surface area contributed by atoms with Gasteiger partial charge >= 0.3 is 0 Å². The maximum absolute atomic E-state index is 9.64. The van der Waals surface area contributed by atoms with Crippen LogP contribution in [0.3, 0.4) is 0 Å². The van der Waals surface area contributed by atoms with E-state index < -0.39 is 0 Å². The third-order valence-electron chi connectivity index (χ3n) is 5.13. The molecule has 0 aliphatic carbocycles. The summed E-state index contributed by atoms with van der Waals surface area (Å²) >= 11 is 0. The van der Waals surface area contributed by atoms with Gasteiger partial charge in [0.05, 0.1) is 0 Å². The first-order valence-electron chi connectivity index (χ1n) is 6.84. The molecule has 1 fully saturated rings. The van der Waals surface area contributed by atoms with E-state index in [1.807, 2.05) is 13.0 Å². The molecule has 2 nitrogen and oxygen atoms in total. The van der Waals surface area contributed by atoms with Crippen LogP contribution in [0.4, 0.5) is 0 Å². The molecule has 1 aromatic carbocycles. The Morgan fingerprint density at radius 3 is 2.61 bits per heavy atom. The number of phenols is 1. The second-order valence-corrected chi connectivity index (χ2v) is 6.30. The third-order valence-corrected chi connectivity index (χ3v) is 5.13. The van der Waals surface area contributed by atoms with Gasteiger partial charge in [0.15, 0.2) is 0 Å². The zero-order chi connectivity index (χ0) is 13.5. The quantitative estimate of drug-likeness (QED) is 0.820. The molecule has 1 heterocycles. The fourth-order valence-electron chi connectivity index (χ4n) is 3.08. The first-order valence-corrected chi connectivity index (χ1v) is 6.84. The fraction of sp³-hybridized carbons (Fsp3) is 0.625. The molecule has 2 unspecified atom stereocenters. The fourth-order valence-corrected chi connectivity index (χ4v) is 3.08. The van der Waals surface area contributed by atoms with Crippen LogP contribution in [-0.4, -0.2) is 29.1 Å². The summed E-state index contributed by atoms with van der Waals surface area (Å²) in [5.74, 6) is 1.61. The molecule has 100 valence electrons. The predicted octanol–water partition coefficient (Wildman–Crippen LogP) is 3.53. The van der Waals surface area contributed by atoms with Crippen molar-refractivity contribution < 1.29 is 5.11 Å². The van der Waals surface area contributed by atoms with E-state index in [1.165, 1.54) is 12.0 Å². The number of aromatic hydroxyl groups is 1. The van der Waals surface area contributed by atoms with Gasteiger partial charge in [0, 0.05) is 5.54 Å². The Bertz CT molecular complexity index is 439. The van der Waals surface area contributed by atoms with Crippen LogP contribution < -0.4 is 0 Å². The molecule has 1 aromatic rings. The molecule has 0 spiro atoms. The molecule has 2 rings (SSSR count). The van der Waals surface area contributed by atoms with Crippen molar-refractivity contribution in [2.45, 2.75) is 45.6 Å². The average Bonchev–Trinajstić information content (AvgIpc) is 2.31. The Labute approximate surface area is 111 Å². The van der Waals surface area contributed by atoms with E-state index in [2.05, 4.69) is 44.9 Å². The van der Waals surface area contributed by atoms with E-state index in [0.29, 0.717) is 17.6 Å². The van der Waals surface area contributed by atoms with Gasteiger partial charge in [-0.15, -0.1) is 0 Å². The van der Waals surface area contributed by atoms with Crippen molar-refractivity contribution in [1.82, 2.24) is 4.90 Å². The van der Waals surface area contributed by atoms with Crippen molar-refractivity contribution in [3.8, 4) is 5.75 Å². The molecule has 0 radical (unpaired) electrons. The van der Waals surface area contributed by atoms with Crippen LogP contribution in [-0.2, 0) is 0 Å². The lowest BCUT2D eigenvalue weighted by molar-refractivity contribution is 0.0386. The van der Waals surface area contributed by atoms with Crippen molar-refractivity contribution in [2.75, 3.05) is 13.6 Å². The van der Waals surface area contributed by atoms with E-state index in [1.54, 1.807) is 0 Å². The first-order chi connectivity index (χ1) is 8.34. The number of likely N-dealkylation sites (tertiary alicyclic amines) is 1. The van der Waals surface area contributed by atoms with Crippen LogP contribution >= 0.6 is 0 Å². The molecule has 0 aromatic heterocycles. The van der Waals surface area contributed by atoms with Gasteiger partial charge in [-0.1, -0.05) is 19.1 Å². The molecule has 2 atom stereocenters. The highest BCUT2D eigenvalue weighted by atomic mass is 16.3. The van der Waals surface area contributed by atoms with E-state index in [0.717, 1.165) is 12.1 Å². The van der Waals surface area contributed by atoms with E-state index in [-0.39, 0.29) is 5.54 Å². The van der Waals surface area contributed by atoms with Gasteiger partial charge in [0.25, 0.3) is 0 Å². The SMILES string of the molecule is Cc1cc(C2CCN(C)C(C)(C)C2C)ccc1O. The maximum Gasteiger partial charge on any atom is 0.118 e. The number of phenolic OH excluding ortho intramolecular Hbond substituents is 1. The Morgan fingerprint density at radius 2 is 2.00 bits per heavy atom. The van der Waals surface area contributed by atoms with Crippen molar-refractivity contribution in [3.63, 3.8) is 0 Å². The van der Waals surface area contributed by atoms with Crippen molar-refractivity contribution in [3.05, 3.63) is 29.3 Å². The molecule has 1 aliphatic heterocycles. The van der Waals surface area contributed by atoms with Gasteiger partial charge in [0.1, 0.15) is 5.75 Å². The summed E-state index contributed by atoms with van der Waals surface area (Å²) in [7, 11) is 2.22. The van der Waals surface area contributed by atoms with Gasteiger partial charge < -0.3 is 10.0 Å². The zero-order valence-electron chi connectivity index (χ0n) is 12.2. The summed E-state index contributed by atoms with van der Waals surface area (Å²) in [6, 6.07) is 6.07. The van der Waals surface area contributed by atoms with Crippen LogP contribution in [0, 0.1) is 12.8 Å². The molecule has 0 bridgehead atoms. The minimum atomic E-state index is 0.231. The highest BCUT2D eigenvalue weighted by Gasteiger charge is 2.39. The zero-order valence-corrected chi connectivity index (χ0v) is 12.2. The van der Waals surface area contributed by atoms with Crippen molar-refractivity contribution in [1.29, 1.82) is 0 Å². The van der Waals surface area contributed by atoms with Crippen LogP contribution in [0.5, 0.6) is 5.75 Å². The molecule has 18 heavy (non-hydrogen) atoms. The minimum Gasteiger partial charge on any atom is -0.508 e. The van der Waals surface area contributed by atoms with Gasteiger partial charge in [-0.05, 0) is 69.8 Å². The van der Waals surface area contributed by atoms with Gasteiger partial charge in [-0.3, -0.25) is 0 Å². The smallest absolute Gasteiger partial charge is 0.118 e. The summed E-state index contributed by atoms with van der Waals surface area (Å²) in [6.45, 7) is 10.1. The second kappa shape index (κ2) is 4.58. The number of piperidine rings is 1. The van der Waals surface area contributed by atoms with Crippen LogP contribution in [0.1, 0.15) is 44.2 Å². The molecule has 0 saturated carbocycles. The molecule has 1 N–H and O–H groups in total. The number of hydrogen-bond donors (Lipinski definition) is 1. The summed E-state index contributed by atoms with van der Waals surface area (Å²) in [4.78, 5) is 2.46. The summed E-state index contributed by atoms with van der Waals surface area (Å²) in [5, 5.41) is 9.64. The Balaban J connectivity index is 2.31. The highest BCUT2D eigenvalue weighted by Crippen LogP contribution is 2.42. The number of hydrogen-bond acceptors (Lipinski definition) is 2. The number of aryl methyl sites for hydroxylation is 1. The van der Waals surface area contributed by atoms with Gasteiger partial charge in [0.2, 0.25) is 0 Å². The molecular formula is C16H25NO. The number of rotatable bonds is 1. The minimum absolute atomic E-state index is 0.231. The van der Waals surface area contributed by atoms with Crippen molar-refractivity contribution in [2.24, 2.45) is 5.92 Å². The lowest BCUT2D eigenvalue weighted by atomic mass is 9.70. The molecule has 1 saturated heterocycles. The number of benzene rings is 1. The monoisotopic (exact) mass is 247 g/mol. The Hall–Kier alpha value is -1.02.